The Morgan fingerprint density at radius 2 is 1.18 bits per heavy atom. The molecule has 196 valence electrons. The van der Waals surface area contributed by atoms with Gasteiger partial charge < -0.3 is 24.3 Å². The number of para-hydroxylation sites is 1. The first-order valence-corrected chi connectivity index (χ1v) is 11.3. The topological polar surface area (TPSA) is 138 Å². The van der Waals surface area contributed by atoms with Gasteiger partial charge in [-0.05, 0) is 25.1 Å². The Morgan fingerprint density at radius 1 is 0.711 bits per heavy atom. The van der Waals surface area contributed by atoms with Gasteiger partial charge in [0.25, 0.3) is 0 Å². The summed E-state index contributed by atoms with van der Waals surface area (Å²) in [5, 5.41) is 2.65. The first-order valence-electron chi connectivity index (χ1n) is 11.3. The molecule has 0 aromatic heterocycles. The number of esters is 4. The van der Waals surface area contributed by atoms with E-state index in [0.717, 1.165) is 38.9 Å². The molecule has 0 unspecified atom stereocenters. The van der Waals surface area contributed by atoms with Gasteiger partial charge in [-0.2, -0.15) is 0 Å². The minimum Gasteiger partial charge on any atom is -0.466 e. The fourth-order valence-corrected chi connectivity index (χ4v) is 4.81. The van der Waals surface area contributed by atoms with E-state index in [1.807, 2.05) is 6.92 Å². The van der Waals surface area contributed by atoms with Crippen LogP contribution in [0.15, 0.2) is 71.1 Å². The van der Waals surface area contributed by atoms with Gasteiger partial charge in [0.1, 0.15) is 16.8 Å². The van der Waals surface area contributed by atoms with E-state index in [-0.39, 0.29) is 16.9 Å². The molecule has 2 aromatic carbocycles. The number of methoxy groups -OCH3 is 4. The Kier molecular flexibility index (Phi) is 6.77. The van der Waals surface area contributed by atoms with Crippen molar-refractivity contribution in [2.75, 3.05) is 38.7 Å². The summed E-state index contributed by atoms with van der Waals surface area (Å²) < 4.78 is 20.2. The first-order chi connectivity index (χ1) is 18.2. The van der Waals surface area contributed by atoms with E-state index in [0.29, 0.717) is 0 Å². The Labute approximate surface area is 217 Å². The summed E-state index contributed by atoms with van der Waals surface area (Å²) in [7, 11) is 4.27. The van der Waals surface area contributed by atoms with Gasteiger partial charge in [0.2, 0.25) is 5.91 Å². The summed E-state index contributed by atoms with van der Waals surface area (Å²) in [5.74, 6) is -5.26. The van der Waals surface area contributed by atoms with Gasteiger partial charge in [-0.25, -0.2) is 19.2 Å². The molecule has 2 aliphatic heterocycles. The highest BCUT2D eigenvalue weighted by molar-refractivity contribution is 6.26. The van der Waals surface area contributed by atoms with E-state index in [1.165, 1.54) is 6.07 Å². The standard InChI is InChI=1S/C27H24N2O9/c1-14-10-12-15(13-11-14)29-20(24(32)37-4)18(22(30)35-2)27(16-8-6-7-9-17(16)28-26(27)34)19(23(31)36-3)21(29)25(33)38-5/h6-13H,1-5H3,(H,28,34). The molecule has 1 spiro atoms. The van der Waals surface area contributed by atoms with Gasteiger partial charge in [-0.1, -0.05) is 35.9 Å². The highest BCUT2D eigenvalue weighted by Crippen LogP contribution is 2.54. The SMILES string of the molecule is COC(=O)C1=C(C(=O)OC)C2(C(=O)Nc3ccccc32)C(C(=O)OC)=C(C(=O)OC)N1c1ccc(C)cc1. The number of nitrogens with zero attached hydrogens (tertiary/aromatic N) is 1. The molecule has 11 nitrogen and oxygen atoms in total. The number of fused-ring (bicyclic) bond motifs is 2. The highest BCUT2D eigenvalue weighted by atomic mass is 16.5. The van der Waals surface area contributed by atoms with E-state index in [4.69, 9.17) is 18.9 Å². The Bertz CT molecular complexity index is 1380. The molecule has 0 bridgehead atoms. The van der Waals surface area contributed by atoms with Gasteiger partial charge >= 0.3 is 23.9 Å². The predicted octanol–water partition coefficient (Wildman–Crippen LogP) is 1.91. The molecule has 2 aliphatic rings. The van der Waals surface area contributed by atoms with Crippen molar-refractivity contribution in [2.45, 2.75) is 12.3 Å². The zero-order chi connectivity index (χ0) is 27.8. The minimum absolute atomic E-state index is 0.122. The van der Waals surface area contributed by atoms with Crippen molar-refractivity contribution in [1.82, 2.24) is 0 Å². The zero-order valence-electron chi connectivity index (χ0n) is 21.2. The van der Waals surface area contributed by atoms with Crippen LogP contribution in [0.5, 0.6) is 0 Å². The maximum Gasteiger partial charge on any atom is 0.355 e. The normalized spacial score (nSPS) is 15.6. The molecule has 2 aromatic rings. The van der Waals surface area contributed by atoms with Gasteiger partial charge in [0.15, 0.2) is 0 Å². The Balaban J connectivity index is 2.32. The van der Waals surface area contributed by atoms with Gasteiger partial charge in [0.05, 0.1) is 39.6 Å². The van der Waals surface area contributed by atoms with Gasteiger partial charge in [-0.3, -0.25) is 9.69 Å². The average Bonchev–Trinajstić information content (AvgIpc) is 3.22. The molecular weight excluding hydrogens is 496 g/mol. The fraction of sp³-hybridized carbons (Fsp3) is 0.222. The van der Waals surface area contributed by atoms with Gasteiger partial charge in [-0.15, -0.1) is 0 Å². The summed E-state index contributed by atoms with van der Waals surface area (Å²) in [6.07, 6.45) is 0. The molecule has 0 radical (unpaired) electrons. The highest BCUT2D eigenvalue weighted by Gasteiger charge is 2.64. The van der Waals surface area contributed by atoms with Crippen LogP contribution in [0.3, 0.4) is 0 Å². The van der Waals surface area contributed by atoms with E-state index in [2.05, 4.69) is 5.32 Å². The predicted molar refractivity (Wildman–Crippen MR) is 133 cm³/mol. The molecule has 0 saturated heterocycles. The molecule has 0 atom stereocenters. The number of carbonyl (C=O) groups excluding carboxylic acids is 5. The molecule has 4 rings (SSSR count). The number of benzene rings is 2. The second kappa shape index (κ2) is 9.85. The molecule has 1 N–H and O–H groups in total. The van der Waals surface area contributed by atoms with Crippen molar-refractivity contribution in [3.05, 3.63) is 82.2 Å². The third-order valence-electron chi connectivity index (χ3n) is 6.42. The Morgan fingerprint density at radius 3 is 1.66 bits per heavy atom. The smallest absolute Gasteiger partial charge is 0.355 e. The second-order valence-electron chi connectivity index (χ2n) is 8.33. The molecule has 1 amide bonds. The number of hydrogen-bond acceptors (Lipinski definition) is 10. The van der Waals surface area contributed by atoms with Crippen LogP contribution in [0.25, 0.3) is 0 Å². The minimum atomic E-state index is -2.33. The van der Waals surface area contributed by atoms with Crippen LogP contribution >= 0.6 is 0 Å². The van der Waals surface area contributed by atoms with E-state index < -0.39 is 57.7 Å². The summed E-state index contributed by atoms with van der Waals surface area (Å²) in [6, 6.07) is 12.8. The lowest BCUT2D eigenvalue weighted by Crippen LogP contribution is -2.53. The maximum absolute atomic E-state index is 14.0. The molecule has 0 saturated carbocycles. The lowest BCUT2D eigenvalue weighted by atomic mass is 9.65. The number of anilines is 2. The number of nitrogens with one attached hydrogen (secondary N) is 1. The third kappa shape index (κ3) is 3.62. The number of carbonyl (C=O) groups is 5. The average molecular weight is 520 g/mol. The number of amides is 1. The van der Waals surface area contributed by atoms with E-state index in [1.54, 1.807) is 42.5 Å². The quantitative estimate of drug-likeness (QED) is 0.460. The lowest BCUT2D eigenvalue weighted by molar-refractivity contribution is -0.143. The summed E-state index contributed by atoms with van der Waals surface area (Å²) in [5.41, 5.74) is -3.02. The van der Waals surface area contributed by atoms with Crippen LogP contribution in [-0.4, -0.2) is 58.2 Å². The second-order valence-corrected chi connectivity index (χ2v) is 8.33. The van der Waals surface area contributed by atoms with Gasteiger partial charge in [0, 0.05) is 16.9 Å². The van der Waals surface area contributed by atoms with E-state index >= 15 is 0 Å². The molecular formula is C27H24N2O9. The van der Waals surface area contributed by atoms with Crippen molar-refractivity contribution < 1.29 is 42.9 Å². The third-order valence-corrected chi connectivity index (χ3v) is 6.42. The van der Waals surface area contributed by atoms with Crippen molar-refractivity contribution in [1.29, 1.82) is 0 Å². The van der Waals surface area contributed by atoms with Crippen molar-refractivity contribution in [2.24, 2.45) is 0 Å². The van der Waals surface area contributed by atoms with Crippen LogP contribution in [0, 0.1) is 6.92 Å². The van der Waals surface area contributed by atoms with Crippen molar-refractivity contribution in [3.8, 4) is 0 Å². The number of hydrogen-bond donors (Lipinski definition) is 1. The van der Waals surface area contributed by atoms with E-state index in [9.17, 15) is 24.0 Å². The zero-order valence-corrected chi connectivity index (χ0v) is 21.2. The van der Waals surface area contributed by atoms with Crippen LogP contribution in [0.1, 0.15) is 11.1 Å². The number of aryl methyl sites for hydroxylation is 1. The van der Waals surface area contributed by atoms with Crippen LogP contribution in [-0.2, 0) is 48.3 Å². The molecule has 0 fully saturated rings. The molecule has 38 heavy (non-hydrogen) atoms. The largest absolute Gasteiger partial charge is 0.466 e. The molecule has 2 heterocycles. The molecule has 0 aliphatic carbocycles. The molecule has 11 heteroatoms. The van der Waals surface area contributed by atoms with Crippen LogP contribution in [0.2, 0.25) is 0 Å². The Hall–Kier alpha value is -4.93. The first kappa shape index (κ1) is 26.1. The van der Waals surface area contributed by atoms with Crippen molar-refractivity contribution >= 4 is 41.2 Å². The summed E-state index contributed by atoms with van der Waals surface area (Å²) >= 11 is 0. The lowest BCUT2D eigenvalue weighted by Gasteiger charge is -2.41. The number of ether oxygens (including phenoxy) is 4. The summed E-state index contributed by atoms with van der Waals surface area (Å²) in [4.78, 5) is 69.0. The fourth-order valence-electron chi connectivity index (χ4n) is 4.81. The van der Waals surface area contributed by atoms with Crippen molar-refractivity contribution in [3.63, 3.8) is 0 Å². The maximum atomic E-state index is 14.0. The van der Waals surface area contributed by atoms with Crippen LogP contribution in [0.4, 0.5) is 11.4 Å². The summed E-state index contributed by atoms with van der Waals surface area (Å²) in [6.45, 7) is 1.82. The van der Waals surface area contributed by atoms with Crippen LogP contribution < -0.4 is 10.2 Å². The number of rotatable bonds is 5. The monoisotopic (exact) mass is 520 g/mol.